The Morgan fingerprint density at radius 2 is 1.60 bits per heavy atom. The van der Waals surface area contributed by atoms with Gasteiger partial charge >= 0.3 is 0 Å². The van der Waals surface area contributed by atoms with Gasteiger partial charge in [0, 0.05) is 38.4 Å². The number of anilines is 1. The van der Waals surface area contributed by atoms with Crippen LogP contribution < -0.4 is 4.90 Å². The molecule has 2 aliphatic heterocycles. The lowest BCUT2D eigenvalue weighted by Crippen LogP contribution is -2.61. The number of carbonyl (C=O) groups is 2. The SMILES string of the molecule is O=C1CN(C[C@@]2(O)CCCN(CCc3ccccc3)C2=O)CCN1c1ccccc1. The zero-order valence-electron chi connectivity index (χ0n) is 17.2. The quantitative estimate of drug-likeness (QED) is 0.795. The van der Waals surface area contributed by atoms with E-state index in [1.807, 2.05) is 53.4 Å². The zero-order chi connectivity index (χ0) is 21.0. The molecule has 30 heavy (non-hydrogen) atoms. The summed E-state index contributed by atoms with van der Waals surface area (Å²) in [7, 11) is 0. The van der Waals surface area contributed by atoms with E-state index in [-0.39, 0.29) is 24.9 Å². The largest absolute Gasteiger partial charge is 0.379 e. The van der Waals surface area contributed by atoms with Gasteiger partial charge in [-0.3, -0.25) is 14.5 Å². The molecular formula is C24H29N3O3. The Balaban J connectivity index is 1.35. The van der Waals surface area contributed by atoms with Crippen LogP contribution >= 0.6 is 0 Å². The number of para-hydroxylation sites is 1. The van der Waals surface area contributed by atoms with Crippen molar-refractivity contribution >= 4 is 17.5 Å². The van der Waals surface area contributed by atoms with E-state index in [2.05, 4.69) is 12.1 Å². The second-order valence-electron chi connectivity index (χ2n) is 8.25. The molecule has 0 aliphatic carbocycles. The van der Waals surface area contributed by atoms with Crippen LogP contribution in [0.15, 0.2) is 60.7 Å². The summed E-state index contributed by atoms with van der Waals surface area (Å²) in [5.74, 6) is -0.206. The topological polar surface area (TPSA) is 64.1 Å². The molecule has 2 fully saturated rings. The summed E-state index contributed by atoms with van der Waals surface area (Å²) >= 11 is 0. The van der Waals surface area contributed by atoms with Crippen molar-refractivity contribution in [2.45, 2.75) is 24.9 Å². The number of nitrogens with zero attached hydrogens (tertiary/aromatic N) is 3. The Bertz CT molecular complexity index is 874. The Hall–Kier alpha value is -2.70. The Kier molecular flexibility index (Phi) is 6.16. The second kappa shape index (κ2) is 8.98. The van der Waals surface area contributed by atoms with Gasteiger partial charge < -0.3 is 14.9 Å². The first-order valence-electron chi connectivity index (χ1n) is 10.7. The van der Waals surface area contributed by atoms with Crippen LogP contribution in [0.1, 0.15) is 18.4 Å². The molecule has 0 saturated carbocycles. The lowest BCUT2D eigenvalue weighted by atomic mass is 9.90. The van der Waals surface area contributed by atoms with Gasteiger partial charge in [0.15, 0.2) is 5.60 Å². The molecular weight excluding hydrogens is 378 g/mol. The van der Waals surface area contributed by atoms with Crippen molar-refractivity contribution in [3.63, 3.8) is 0 Å². The van der Waals surface area contributed by atoms with Gasteiger partial charge in [-0.1, -0.05) is 48.5 Å². The van der Waals surface area contributed by atoms with Crippen LogP contribution in [0.2, 0.25) is 0 Å². The van der Waals surface area contributed by atoms with Crippen molar-refractivity contribution in [1.29, 1.82) is 0 Å². The van der Waals surface area contributed by atoms with E-state index in [0.717, 1.165) is 18.5 Å². The van der Waals surface area contributed by atoms with Gasteiger partial charge in [-0.25, -0.2) is 0 Å². The van der Waals surface area contributed by atoms with Crippen LogP contribution in [0.4, 0.5) is 5.69 Å². The number of carbonyl (C=O) groups excluding carboxylic acids is 2. The fourth-order valence-corrected chi connectivity index (χ4v) is 4.44. The molecule has 0 radical (unpaired) electrons. The molecule has 6 nitrogen and oxygen atoms in total. The minimum atomic E-state index is -1.41. The average Bonchev–Trinajstić information content (AvgIpc) is 2.76. The molecule has 4 rings (SSSR count). The van der Waals surface area contributed by atoms with E-state index >= 15 is 0 Å². The number of β-amino-alcohol motifs (C(OH)–C–C–N with tert-alkyl or cyclic N) is 1. The molecule has 158 valence electrons. The van der Waals surface area contributed by atoms with Gasteiger partial charge in [-0.15, -0.1) is 0 Å². The van der Waals surface area contributed by atoms with E-state index in [4.69, 9.17) is 0 Å². The van der Waals surface area contributed by atoms with E-state index in [0.29, 0.717) is 32.6 Å². The number of rotatable bonds is 6. The predicted molar refractivity (Wildman–Crippen MR) is 116 cm³/mol. The number of piperazine rings is 1. The van der Waals surface area contributed by atoms with Crippen LogP contribution in [0.3, 0.4) is 0 Å². The number of aliphatic hydroxyl groups is 1. The first-order chi connectivity index (χ1) is 14.5. The molecule has 6 heteroatoms. The van der Waals surface area contributed by atoms with Crippen molar-refractivity contribution in [3.05, 3.63) is 66.2 Å². The maximum atomic E-state index is 13.1. The smallest absolute Gasteiger partial charge is 0.255 e. The molecule has 1 atom stereocenters. The maximum absolute atomic E-state index is 13.1. The number of amides is 2. The van der Waals surface area contributed by atoms with Crippen LogP contribution in [-0.4, -0.2) is 71.6 Å². The number of benzene rings is 2. The molecule has 0 bridgehead atoms. The van der Waals surface area contributed by atoms with Gasteiger partial charge in [-0.2, -0.15) is 0 Å². The first kappa shape index (κ1) is 20.6. The summed E-state index contributed by atoms with van der Waals surface area (Å²) < 4.78 is 0. The van der Waals surface area contributed by atoms with E-state index in [1.54, 1.807) is 9.80 Å². The summed E-state index contributed by atoms with van der Waals surface area (Å²) in [6.45, 7) is 2.90. The number of hydrogen-bond donors (Lipinski definition) is 1. The molecule has 2 aromatic carbocycles. The summed E-state index contributed by atoms with van der Waals surface area (Å²) in [5, 5.41) is 11.2. The minimum Gasteiger partial charge on any atom is -0.379 e. The van der Waals surface area contributed by atoms with Crippen LogP contribution in [-0.2, 0) is 16.0 Å². The average molecular weight is 408 g/mol. The van der Waals surface area contributed by atoms with Crippen molar-refractivity contribution in [1.82, 2.24) is 9.80 Å². The highest BCUT2D eigenvalue weighted by atomic mass is 16.3. The van der Waals surface area contributed by atoms with Gasteiger partial charge in [0.1, 0.15) is 0 Å². The minimum absolute atomic E-state index is 0.000224. The molecule has 0 aromatic heterocycles. The van der Waals surface area contributed by atoms with Gasteiger partial charge in [0.25, 0.3) is 5.91 Å². The highest BCUT2D eigenvalue weighted by molar-refractivity contribution is 5.95. The van der Waals surface area contributed by atoms with Crippen molar-refractivity contribution < 1.29 is 14.7 Å². The lowest BCUT2D eigenvalue weighted by Gasteiger charge is -2.42. The number of hydrogen-bond acceptors (Lipinski definition) is 4. The predicted octanol–water partition coefficient (Wildman–Crippen LogP) is 1.93. The number of piperidine rings is 1. The van der Waals surface area contributed by atoms with Crippen molar-refractivity contribution in [3.8, 4) is 0 Å². The summed E-state index contributed by atoms with van der Waals surface area (Å²) in [5.41, 5.74) is 0.660. The molecule has 1 N–H and O–H groups in total. The molecule has 2 aromatic rings. The number of likely N-dealkylation sites (tertiary alicyclic amines) is 1. The summed E-state index contributed by atoms with van der Waals surface area (Å²) in [4.78, 5) is 31.2. The van der Waals surface area contributed by atoms with E-state index < -0.39 is 5.60 Å². The van der Waals surface area contributed by atoms with Crippen molar-refractivity contribution in [2.75, 3.05) is 44.2 Å². The molecule has 2 heterocycles. The third-order valence-corrected chi connectivity index (χ3v) is 6.07. The Labute approximate surface area is 177 Å². The lowest BCUT2D eigenvalue weighted by molar-refractivity contribution is -0.160. The molecule has 2 saturated heterocycles. The first-order valence-corrected chi connectivity index (χ1v) is 10.7. The third kappa shape index (κ3) is 4.55. The summed E-state index contributed by atoms with van der Waals surface area (Å²) in [6, 6.07) is 19.7. The Morgan fingerprint density at radius 3 is 2.30 bits per heavy atom. The van der Waals surface area contributed by atoms with Gasteiger partial charge in [0.2, 0.25) is 5.91 Å². The standard InChI is InChI=1S/C24H29N3O3/c28-22-18-25(16-17-27(22)21-10-5-2-6-11-21)19-24(30)13-7-14-26(23(24)29)15-12-20-8-3-1-4-9-20/h1-6,8-11,30H,7,12-19H2/t24-/m0/s1. The van der Waals surface area contributed by atoms with Gasteiger partial charge in [-0.05, 0) is 37.0 Å². The fourth-order valence-electron chi connectivity index (χ4n) is 4.44. The monoisotopic (exact) mass is 407 g/mol. The second-order valence-corrected chi connectivity index (χ2v) is 8.25. The van der Waals surface area contributed by atoms with Crippen LogP contribution in [0.5, 0.6) is 0 Å². The molecule has 2 aliphatic rings. The highest BCUT2D eigenvalue weighted by Crippen LogP contribution is 2.26. The van der Waals surface area contributed by atoms with Crippen LogP contribution in [0, 0.1) is 0 Å². The van der Waals surface area contributed by atoms with Crippen molar-refractivity contribution in [2.24, 2.45) is 0 Å². The maximum Gasteiger partial charge on any atom is 0.255 e. The highest BCUT2D eigenvalue weighted by Gasteiger charge is 2.44. The fraction of sp³-hybridized carbons (Fsp3) is 0.417. The van der Waals surface area contributed by atoms with E-state index in [1.165, 1.54) is 5.56 Å². The zero-order valence-corrected chi connectivity index (χ0v) is 17.2. The molecule has 0 spiro atoms. The molecule has 0 unspecified atom stereocenters. The van der Waals surface area contributed by atoms with E-state index in [9.17, 15) is 14.7 Å². The third-order valence-electron chi connectivity index (χ3n) is 6.07. The van der Waals surface area contributed by atoms with Gasteiger partial charge in [0.05, 0.1) is 6.54 Å². The molecule has 2 amide bonds. The normalized spacial score (nSPS) is 23.1. The summed E-state index contributed by atoms with van der Waals surface area (Å²) in [6.07, 6.45) is 1.99. The van der Waals surface area contributed by atoms with Crippen LogP contribution in [0.25, 0.3) is 0 Å². The Morgan fingerprint density at radius 1 is 0.900 bits per heavy atom.